The second-order valence-corrected chi connectivity index (χ2v) is 7.48. The summed E-state index contributed by atoms with van der Waals surface area (Å²) >= 11 is 0. The van der Waals surface area contributed by atoms with E-state index in [0.29, 0.717) is 5.92 Å². The lowest BCUT2D eigenvalue weighted by atomic mass is 9.75. The molecule has 0 saturated carbocycles. The van der Waals surface area contributed by atoms with E-state index in [9.17, 15) is 4.79 Å². The van der Waals surface area contributed by atoms with Gasteiger partial charge in [-0.25, -0.2) is 4.79 Å². The van der Waals surface area contributed by atoms with Crippen molar-refractivity contribution in [3.05, 3.63) is 71.8 Å². The first-order valence-electron chi connectivity index (χ1n) is 9.75. The summed E-state index contributed by atoms with van der Waals surface area (Å²) < 4.78 is 5.18. The first-order chi connectivity index (χ1) is 13.3. The number of hydrogen-bond donors (Lipinski definition) is 0. The van der Waals surface area contributed by atoms with E-state index in [4.69, 9.17) is 9.73 Å². The number of nitrogens with zero attached hydrogens (tertiary/aromatic N) is 2. The van der Waals surface area contributed by atoms with E-state index >= 15 is 0 Å². The van der Waals surface area contributed by atoms with E-state index in [1.807, 2.05) is 36.4 Å². The zero-order valence-corrected chi connectivity index (χ0v) is 15.8. The predicted octanol–water partition coefficient (Wildman–Crippen LogP) is 3.41. The van der Waals surface area contributed by atoms with Crippen molar-refractivity contribution in [1.82, 2.24) is 4.90 Å². The van der Waals surface area contributed by atoms with Gasteiger partial charge in [0.1, 0.15) is 0 Å². The molecule has 27 heavy (non-hydrogen) atoms. The molecule has 1 unspecified atom stereocenters. The van der Waals surface area contributed by atoms with E-state index in [2.05, 4.69) is 29.2 Å². The topological polar surface area (TPSA) is 41.9 Å². The highest BCUT2D eigenvalue weighted by Crippen LogP contribution is 2.36. The molecule has 4 heteroatoms. The Balaban J connectivity index is 1.76. The Morgan fingerprint density at radius 3 is 2.00 bits per heavy atom. The van der Waals surface area contributed by atoms with E-state index in [1.54, 1.807) is 0 Å². The number of fused-ring (bicyclic) bond motifs is 3. The molecule has 3 aliphatic heterocycles. The fraction of sp³-hybridized carbons (Fsp3) is 0.391. The molecule has 0 aromatic heterocycles. The molecule has 0 spiro atoms. The molecule has 3 aliphatic rings. The number of piperidine rings is 3. The number of carbonyl (C=O) groups is 1. The van der Waals surface area contributed by atoms with Crippen LogP contribution in [0.25, 0.3) is 0 Å². The standard InChI is InChI=1S/C23H26N2O2/c1-27-23(26)22(20-16-25-14-12-17(20)13-15-25)24-21(18-8-4-2-5-9-18)19-10-6-3-7-11-19/h2-11,17,20,22H,12-16H2,1H3/t20-,22?/m0/s1. The summed E-state index contributed by atoms with van der Waals surface area (Å²) in [5.74, 6) is 0.552. The van der Waals surface area contributed by atoms with Crippen LogP contribution in [0.4, 0.5) is 0 Å². The van der Waals surface area contributed by atoms with Crippen LogP contribution in [0, 0.1) is 11.8 Å². The van der Waals surface area contributed by atoms with Gasteiger partial charge in [-0.2, -0.15) is 0 Å². The number of esters is 1. The van der Waals surface area contributed by atoms with Crippen molar-refractivity contribution in [2.45, 2.75) is 18.9 Å². The molecule has 3 saturated heterocycles. The lowest BCUT2D eigenvalue weighted by molar-refractivity contribution is -0.145. The van der Waals surface area contributed by atoms with E-state index < -0.39 is 6.04 Å². The highest BCUT2D eigenvalue weighted by molar-refractivity contribution is 6.13. The fourth-order valence-electron chi connectivity index (χ4n) is 4.46. The van der Waals surface area contributed by atoms with Crippen molar-refractivity contribution in [1.29, 1.82) is 0 Å². The Morgan fingerprint density at radius 1 is 1.00 bits per heavy atom. The van der Waals surface area contributed by atoms with Crippen molar-refractivity contribution in [3.8, 4) is 0 Å². The molecule has 0 amide bonds. The Morgan fingerprint density at radius 2 is 1.56 bits per heavy atom. The average Bonchev–Trinajstić information content (AvgIpc) is 2.76. The van der Waals surface area contributed by atoms with Crippen molar-refractivity contribution in [2.24, 2.45) is 16.8 Å². The number of ether oxygens (including phenoxy) is 1. The molecule has 0 aliphatic carbocycles. The second kappa shape index (κ2) is 8.05. The van der Waals surface area contributed by atoms with Gasteiger partial charge in [-0.15, -0.1) is 0 Å². The minimum Gasteiger partial charge on any atom is -0.467 e. The van der Waals surface area contributed by atoms with Gasteiger partial charge in [0.15, 0.2) is 6.04 Å². The molecule has 2 atom stereocenters. The molecule has 0 radical (unpaired) electrons. The van der Waals surface area contributed by atoms with Gasteiger partial charge in [0, 0.05) is 23.6 Å². The molecule has 2 aromatic rings. The third-order valence-corrected chi connectivity index (χ3v) is 5.92. The van der Waals surface area contributed by atoms with Gasteiger partial charge in [-0.3, -0.25) is 4.99 Å². The number of rotatable bonds is 5. The number of carbonyl (C=O) groups excluding carboxylic acids is 1. The first-order valence-corrected chi connectivity index (χ1v) is 9.75. The Bertz CT molecular complexity index is 754. The van der Waals surface area contributed by atoms with Gasteiger partial charge in [-0.1, -0.05) is 60.7 Å². The summed E-state index contributed by atoms with van der Waals surface area (Å²) in [5.41, 5.74) is 2.92. The lowest BCUT2D eigenvalue weighted by Gasteiger charge is -2.46. The third-order valence-electron chi connectivity index (χ3n) is 5.92. The molecule has 3 fully saturated rings. The normalized spacial score (nSPS) is 24.9. The van der Waals surface area contributed by atoms with E-state index in [-0.39, 0.29) is 11.9 Å². The van der Waals surface area contributed by atoms with Crippen LogP contribution in [0.5, 0.6) is 0 Å². The third kappa shape index (κ3) is 3.81. The highest BCUT2D eigenvalue weighted by Gasteiger charge is 2.42. The second-order valence-electron chi connectivity index (χ2n) is 7.48. The van der Waals surface area contributed by atoms with Crippen LogP contribution in [0.2, 0.25) is 0 Å². The molecule has 5 rings (SSSR count). The molecule has 2 aromatic carbocycles. The summed E-state index contributed by atoms with van der Waals surface area (Å²) in [6.45, 7) is 3.22. The van der Waals surface area contributed by atoms with Crippen molar-refractivity contribution in [3.63, 3.8) is 0 Å². The van der Waals surface area contributed by atoms with Gasteiger partial charge >= 0.3 is 5.97 Å². The number of aliphatic imine (C=N–C) groups is 1. The monoisotopic (exact) mass is 362 g/mol. The Labute approximate surface area is 160 Å². The summed E-state index contributed by atoms with van der Waals surface area (Å²) in [4.78, 5) is 20.2. The lowest BCUT2D eigenvalue weighted by Crippen LogP contribution is -2.52. The molecule has 3 heterocycles. The van der Waals surface area contributed by atoms with E-state index in [1.165, 1.54) is 7.11 Å². The summed E-state index contributed by atoms with van der Waals surface area (Å²) in [6, 6.07) is 19.8. The molecule has 2 bridgehead atoms. The maximum Gasteiger partial charge on any atom is 0.330 e. The summed E-state index contributed by atoms with van der Waals surface area (Å²) in [6.07, 6.45) is 2.30. The summed E-state index contributed by atoms with van der Waals surface area (Å²) in [5, 5.41) is 0. The molecule has 140 valence electrons. The van der Waals surface area contributed by atoms with Gasteiger partial charge in [-0.05, 0) is 31.8 Å². The smallest absolute Gasteiger partial charge is 0.330 e. The van der Waals surface area contributed by atoms with Crippen LogP contribution in [-0.4, -0.2) is 49.4 Å². The molecular formula is C23H26N2O2. The van der Waals surface area contributed by atoms with Crippen LogP contribution < -0.4 is 0 Å². The van der Waals surface area contributed by atoms with Gasteiger partial charge < -0.3 is 9.64 Å². The van der Waals surface area contributed by atoms with Crippen LogP contribution >= 0.6 is 0 Å². The molecular weight excluding hydrogens is 336 g/mol. The van der Waals surface area contributed by atoms with Crippen molar-refractivity contribution < 1.29 is 9.53 Å². The molecule has 0 N–H and O–H groups in total. The SMILES string of the molecule is COC(=O)C(N=C(c1ccccc1)c1ccccc1)[C@H]1CN2CCC1CC2. The number of hydrogen-bond acceptors (Lipinski definition) is 4. The number of benzene rings is 2. The maximum absolute atomic E-state index is 12.7. The predicted molar refractivity (Wildman–Crippen MR) is 107 cm³/mol. The van der Waals surface area contributed by atoms with Crippen LogP contribution in [-0.2, 0) is 9.53 Å². The zero-order chi connectivity index (χ0) is 18.6. The van der Waals surface area contributed by atoms with Crippen molar-refractivity contribution >= 4 is 11.7 Å². The largest absolute Gasteiger partial charge is 0.467 e. The average molecular weight is 362 g/mol. The fourth-order valence-corrected chi connectivity index (χ4v) is 4.46. The summed E-state index contributed by atoms with van der Waals surface area (Å²) in [7, 11) is 1.47. The minimum atomic E-state index is -0.460. The molecule has 4 nitrogen and oxygen atoms in total. The van der Waals surface area contributed by atoms with Gasteiger partial charge in [0.2, 0.25) is 0 Å². The minimum absolute atomic E-state index is 0.224. The Kier molecular flexibility index (Phi) is 5.35. The highest BCUT2D eigenvalue weighted by atomic mass is 16.5. The zero-order valence-electron chi connectivity index (χ0n) is 15.8. The maximum atomic E-state index is 12.7. The van der Waals surface area contributed by atoms with Gasteiger partial charge in [0.05, 0.1) is 12.8 Å². The quantitative estimate of drug-likeness (QED) is 0.605. The van der Waals surface area contributed by atoms with Crippen LogP contribution in [0.15, 0.2) is 65.7 Å². The van der Waals surface area contributed by atoms with Crippen molar-refractivity contribution in [2.75, 3.05) is 26.7 Å². The van der Waals surface area contributed by atoms with Crippen LogP contribution in [0.3, 0.4) is 0 Å². The number of methoxy groups -OCH3 is 1. The van der Waals surface area contributed by atoms with E-state index in [0.717, 1.165) is 49.3 Å². The first kappa shape index (κ1) is 17.9. The van der Waals surface area contributed by atoms with Crippen LogP contribution in [0.1, 0.15) is 24.0 Å². The Hall–Kier alpha value is -2.46. The van der Waals surface area contributed by atoms with Gasteiger partial charge in [0.25, 0.3) is 0 Å².